The number of likely N-dealkylation sites (N-methyl/N-ethyl adjacent to an activating group) is 1. The number of alkyl carbamates (subject to hydrolysis) is 1. The van der Waals surface area contributed by atoms with Crippen molar-refractivity contribution >= 4 is 40.9 Å². The van der Waals surface area contributed by atoms with Gasteiger partial charge in [-0.25, -0.2) is 14.6 Å². The van der Waals surface area contributed by atoms with Gasteiger partial charge in [0.1, 0.15) is 5.84 Å². The lowest BCUT2D eigenvalue weighted by Crippen LogP contribution is -2.53. The second-order valence-electron chi connectivity index (χ2n) is 11.6. The first-order valence-corrected chi connectivity index (χ1v) is 15.0. The molecule has 12 heteroatoms. The minimum absolute atomic E-state index is 0.0763. The van der Waals surface area contributed by atoms with Crippen molar-refractivity contribution < 1.29 is 19.1 Å². The van der Waals surface area contributed by atoms with Crippen molar-refractivity contribution in [2.24, 2.45) is 10.7 Å². The third-order valence-corrected chi connectivity index (χ3v) is 7.54. The Morgan fingerprint density at radius 1 is 1.00 bits per heavy atom. The minimum atomic E-state index is -0.986. The zero-order valence-corrected chi connectivity index (χ0v) is 26.8. The van der Waals surface area contributed by atoms with Crippen LogP contribution in [0.3, 0.4) is 0 Å². The number of rotatable bonds is 10. The van der Waals surface area contributed by atoms with E-state index in [1.807, 2.05) is 63.2 Å². The number of benzene rings is 3. The highest BCUT2D eigenvalue weighted by Gasteiger charge is 2.45. The number of amidine groups is 1. The van der Waals surface area contributed by atoms with E-state index in [0.29, 0.717) is 40.4 Å². The fourth-order valence-electron chi connectivity index (χ4n) is 5.18. The third-order valence-electron chi connectivity index (χ3n) is 7.54. The molecule has 0 radical (unpaired) electrons. The molecular formula is C34H42N8O4. The van der Waals surface area contributed by atoms with Crippen molar-refractivity contribution in [2.45, 2.75) is 32.4 Å². The predicted molar refractivity (Wildman–Crippen MR) is 181 cm³/mol. The van der Waals surface area contributed by atoms with E-state index in [0.717, 1.165) is 5.56 Å². The molecule has 1 aliphatic rings. The molecule has 4 rings (SSSR count). The Morgan fingerprint density at radius 2 is 1.70 bits per heavy atom. The summed E-state index contributed by atoms with van der Waals surface area (Å²) in [5, 5.41) is 8.82. The topological polar surface area (TPSA) is 167 Å². The van der Waals surface area contributed by atoms with Gasteiger partial charge in [-0.15, -0.1) is 0 Å². The molecule has 0 aliphatic carbocycles. The maximum absolute atomic E-state index is 13.9. The van der Waals surface area contributed by atoms with Crippen LogP contribution >= 0.6 is 0 Å². The van der Waals surface area contributed by atoms with Crippen LogP contribution in [0.5, 0.6) is 0 Å². The molecule has 7 N–H and O–H groups in total. The standard InChI is InChI=1S/C34H42N8O4/c1-6-46-33(45)40-29-27(20-42(34(29,2)3)32(44)39-28(21-41(4)5)22-11-8-7-9-12-22)30(36)37-25-13-10-14-26(19-25)38-31(43)23-15-17-24(35)18-16-23/h7-19,28H,6,20-21,35H2,1-5H3,(H2,36,37)(H,38,43)(H,39,44)(H,40,45). The highest BCUT2D eigenvalue weighted by atomic mass is 16.5. The molecule has 1 heterocycles. The van der Waals surface area contributed by atoms with Crippen molar-refractivity contribution in [1.82, 2.24) is 20.4 Å². The molecule has 1 aliphatic heterocycles. The number of hydrogen-bond donors (Lipinski definition) is 5. The van der Waals surface area contributed by atoms with Crippen molar-refractivity contribution in [3.05, 3.63) is 101 Å². The monoisotopic (exact) mass is 626 g/mol. The Labute approximate surface area is 269 Å². The van der Waals surface area contributed by atoms with Gasteiger partial charge in [0, 0.05) is 29.1 Å². The van der Waals surface area contributed by atoms with Gasteiger partial charge >= 0.3 is 12.1 Å². The molecule has 0 saturated carbocycles. The molecule has 3 aromatic carbocycles. The molecule has 12 nitrogen and oxygen atoms in total. The second kappa shape index (κ2) is 14.6. The molecule has 0 saturated heterocycles. The van der Waals surface area contributed by atoms with Crippen LogP contribution in [-0.2, 0) is 4.74 Å². The van der Waals surface area contributed by atoms with Crippen LogP contribution < -0.4 is 27.4 Å². The number of hydrogen-bond acceptors (Lipinski definition) is 7. The van der Waals surface area contributed by atoms with Crippen LogP contribution in [0.2, 0.25) is 0 Å². The first kappa shape index (κ1) is 33.5. The highest BCUT2D eigenvalue weighted by Crippen LogP contribution is 2.34. The van der Waals surface area contributed by atoms with E-state index in [2.05, 4.69) is 20.9 Å². The molecule has 242 valence electrons. The predicted octanol–water partition coefficient (Wildman–Crippen LogP) is 4.62. The van der Waals surface area contributed by atoms with Crippen molar-refractivity contribution in [3.63, 3.8) is 0 Å². The molecule has 0 fully saturated rings. The van der Waals surface area contributed by atoms with Crippen LogP contribution in [0.25, 0.3) is 0 Å². The van der Waals surface area contributed by atoms with E-state index in [9.17, 15) is 14.4 Å². The van der Waals surface area contributed by atoms with Gasteiger partial charge in [-0.1, -0.05) is 36.4 Å². The Bertz CT molecular complexity index is 1620. The van der Waals surface area contributed by atoms with Crippen LogP contribution in [0, 0.1) is 0 Å². The number of anilines is 2. The number of nitrogens with two attached hydrogens (primary N) is 2. The highest BCUT2D eigenvalue weighted by molar-refractivity contribution is 6.05. The van der Waals surface area contributed by atoms with Gasteiger partial charge in [0.25, 0.3) is 5.91 Å². The summed E-state index contributed by atoms with van der Waals surface area (Å²) < 4.78 is 5.16. The molecule has 0 bridgehead atoms. The molecular weight excluding hydrogens is 584 g/mol. The van der Waals surface area contributed by atoms with Gasteiger partial charge in [-0.2, -0.15) is 0 Å². The molecule has 4 amide bonds. The van der Waals surface area contributed by atoms with E-state index in [-0.39, 0.29) is 37.0 Å². The number of carbonyl (C=O) groups excluding carboxylic acids is 3. The SMILES string of the molecule is CCOC(=O)NC1=C(C(N)=Nc2cccc(NC(=O)c3ccc(N)cc3)c2)CN(C(=O)NC(CN(C)C)c2ccccc2)C1(C)C. The van der Waals surface area contributed by atoms with Crippen molar-refractivity contribution in [2.75, 3.05) is 44.8 Å². The number of nitrogen functional groups attached to an aromatic ring is 1. The van der Waals surface area contributed by atoms with E-state index in [1.165, 1.54) is 0 Å². The summed E-state index contributed by atoms with van der Waals surface area (Å²) in [6.07, 6.45) is -0.666. The van der Waals surface area contributed by atoms with E-state index in [1.54, 1.807) is 60.4 Å². The van der Waals surface area contributed by atoms with Gasteiger partial charge in [-0.3, -0.25) is 10.1 Å². The van der Waals surface area contributed by atoms with Gasteiger partial charge in [-0.05, 0) is 82.9 Å². The quantitative estimate of drug-likeness (QED) is 0.124. The van der Waals surface area contributed by atoms with Gasteiger partial charge < -0.3 is 36.6 Å². The summed E-state index contributed by atoms with van der Waals surface area (Å²) in [6, 6.07) is 22.6. The molecule has 0 aromatic heterocycles. The van der Waals surface area contributed by atoms with E-state index in [4.69, 9.17) is 16.2 Å². The normalized spacial score (nSPS) is 15.0. The van der Waals surface area contributed by atoms with Crippen LogP contribution in [-0.4, -0.2) is 73.0 Å². The molecule has 0 spiro atoms. The zero-order valence-electron chi connectivity index (χ0n) is 26.8. The van der Waals surface area contributed by atoms with Gasteiger partial charge in [0.15, 0.2) is 0 Å². The Balaban J connectivity index is 1.61. The summed E-state index contributed by atoms with van der Waals surface area (Å²) in [4.78, 5) is 47.5. The lowest BCUT2D eigenvalue weighted by atomic mass is 9.99. The fraction of sp³-hybridized carbons (Fsp3) is 0.294. The van der Waals surface area contributed by atoms with Crippen molar-refractivity contribution in [3.8, 4) is 0 Å². The minimum Gasteiger partial charge on any atom is -0.450 e. The first-order valence-electron chi connectivity index (χ1n) is 15.0. The average Bonchev–Trinajstić information content (AvgIpc) is 3.27. The van der Waals surface area contributed by atoms with Crippen LogP contribution in [0.4, 0.5) is 26.7 Å². The van der Waals surface area contributed by atoms with E-state index < -0.39 is 11.6 Å². The summed E-state index contributed by atoms with van der Waals surface area (Å²) in [5.41, 5.74) is 15.2. The maximum atomic E-state index is 13.9. The zero-order chi connectivity index (χ0) is 33.4. The molecule has 1 unspecified atom stereocenters. The fourth-order valence-corrected chi connectivity index (χ4v) is 5.18. The summed E-state index contributed by atoms with van der Waals surface area (Å²) in [7, 11) is 3.89. The third kappa shape index (κ3) is 8.21. The molecule has 46 heavy (non-hydrogen) atoms. The molecule has 1 atom stereocenters. The Hall–Kier alpha value is -5.36. The summed E-state index contributed by atoms with van der Waals surface area (Å²) in [6.45, 7) is 6.18. The smallest absolute Gasteiger partial charge is 0.411 e. The number of nitrogens with zero attached hydrogens (tertiary/aromatic N) is 3. The number of ether oxygens (including phenoxy) is 1. The summed E-state index contributed by atoms with van der Waals surface area (Å²) >= 11 is 0. The maximum Gasteiger partial charge on any atom is 0.411 e. The van der Waals surface area contributed by atoms with Crippen LogP contribution in [0.15, 0.2) is 95.1 Å². The average molecular weight is 627 g/mol. The molecule has 3 aromatic rings. The number of carbonyl (C=O) groups is 3. The summed E-state index contributed by atoms with van der Waals surface area (Å²) in [5.74, 6) is -0.204. The first-order chi connectivity index (χ1) is 21.9. The van der Waals surface area contributed by atoms with Crippen LogP contribution in [0.1, 0.15) is 42.7 Å². The number of urea groups is 1. The second-order valence-corrected chi connectivity index (χ2v) is 11.6. The lowest BCUT2D eigenvalue weighted by molar-refractivity contribution is 0.102. The van der Waals surface area contributed by atoms with E-state index >= 15 is 0 Å². The lowest BCUT2D eigenvalue weighted by Gasteiger charge is -2.35. The Kier molecular flexibility index (Phi) is 10.7. The number of amides is 4. The number of aliphatic imine (C=N–C) groups is 1. The van der Waals surface area contributed by atoms with Gasteiger partial charge in [0.05, 0.1) is 36.1 Å². The number of nitrogens with one attached hydrogen (secondary N) is 3. The van der Waals surface area contributed by atoms with Crippen molar-refractivity contribution in [1.29, 1.82) is 0 Å². The van der Waals surface area contributed by atoms with Gasteiger partial charge in [0.2, 0.25) is 0 Å². The Morgan fingerprint density at radius 3 is 2.35 bits per heavy atom. The largest absolute Gasteiger partial charge is 0.450 e.